The van der Waals surface area contributed by atoms with Crippen molar-refractivity contribution in [3.8, 4) is 0 Å². The minimum atomic E-state index is 0.550. The summed E-state index contributed by atoms with van der Waals surface area (Å²) in [5.41, 5.74) is 0. The highest BCUT2D eigenvalue weighted by Gasteiger charge is 2.20. The van der Waals surface area contributed by atoms with Crippen LogP contribution < -0.4 is 10.6 Å². The highest BCUT2D eigenvalue weighted by atomic mass is 32.1. The lowest BCUT2D eigenvalue weighted by Gasteiger charge is -2.27. The van der Waals surface area contributed by atoms with Gasteiger partial charge in [-0.1, -0.05) is 6.92 Å². The second-order valence-corrected chi connectivity index (χ2v) is 7.34. The average molecular weight is 304 g/mol. The van der Waals surface area contributed by atoms with Crippen LogP contribution >= 0.6 is 11.3 Å². The molecule has 3 rings (SSSR count). The lowest BCUT2D eigenvalue weighted by Crippen LogP contribution is -2.26. The van der Waals surface area contributed by atoms with Crippen LogP contribution in [-0.2, 0) is 0 Å². The molecule has 1 saturated carbocycles. The summed E-state index contributed by atoms with van der Waals surface area (Å²) in [6, 6.07) is 2.75. The van der Waals surface area contributed by atoms with Crippen molar-refractivity contribution in [1.29, 1.82) is 0 Å². The van der Waals surface area contributed by atoms with Crippen molar-refractivity contribution in [2.75, 3.05) is 17.2 Å². The second kappa shape index (κ2) is 6.18. The van der Waals surface area contributed by atoms with E-state index in [-0.39, 0.29) is 0 Å². The first-order valence-electron chi connectivity index (χ1n) is 7.94. The lowest BCUT2D eigenvalue weighted by atomic mass is 9.87. The van der Waals surface area contributed by atoms with Crippen LogP contribution in [0, 0.1) is 12.8 Å². The summed E-state index contributed by atoms with van der Waals surface area (Å²) in [7, 11) is 0. The smallest absolute Gasteiger partial charge is 0.226 e. The van der Waals surface area contributed by atoms with Crippen molar-refractivity contribution >= 4 is 33.3 Å². The molecule has 1 aliphatic carbocycles. The van der Waals surface area contributed by atoms with Crippen molar-refractivity contribution < 1.29 is 0 Å². The van der Waals surface area contributed by atoms with Crippen LogP contribution in [0.3, 0.4) is 0 Å². The number of hydrogen-bond acceptors (Lipinski definition) is 5. The minimum absolute atomic E-state index is 0.550. The molecular weight excluding hydrogens is 280 g/mol. The van der Waals surface area contributed by atoms with Gasteiger partial charge in [-0.3, -0.25) is 0 Å². The molecule has 0 spiro atoms. The standard InChI is InChI=1S/C16H24N4S/c1-4-17-16-19-14(13-9-11(3)21-15(13)20-16)18-12-7-5-10(2)6-8-12/h9-10,12H,4-8H2,1-3H3,(H2,17,18,19,20). The van der Waals surface area contributed by atoms with Crippen LogP contribution in [0.4, 0.5) is 11.8 Å². The summed E-state index contributed by atoms with van der Waals surface area (Å²) in [5, 5.41) is 8.07. The Labute approximate surface area is 130 Å². The third-order valence-electron chi connectivity index (χ3n) is 4.21. The lowest BCUT2D eigenvalue weighted by molar-refractivity contribution is 0.361. The third-order valence-corrected chi connectivity index (χ3v) is 5.15. The molecule has 4 nitrogen and oxygen atoms in total. The van der Waals surface area contributed by atoms with Gasteiger partial charge >= 0.3 is 0 Å². The average Bonchev–Trinajstić information content (AvgIpc) is 2.82. The molecule has 0 radical (unpaired) electrons. The first-order chi connectivity index (χ1) is 10.2. The molecule has 1 aliphatic rings. The molecule has 2 heterocycles. The summed E-state index contributed by atoms with van der Waals surface area (Å²) in [4.78, 5) is 11.7. The van der Waals surface area contributed by atoms with E-state index in [0.717, 1.165) is 34.4 Å². The predicted octanol–water partition coefficient (Wildman–Crippen LogP) is 4.42. The normalized spacial score (nSPS) is 22.4. The highest BCUT2D eigenvalue weighted by Crippen LogP contribution is 2.32. The van der Waals surface area contributed by atoms with Crippen molar-refractivity contribution in [2.24, 2.45) is 5.92 Å². The summed E-state index contributed by atoms with van der Waals surface area (Å²) >= 11 is 1.74. The van der Waals surface area contributed by atoms with Gasteiger partial charge < -0.3 is 10.6 Å². The summed E-state index contributed by atoms with van der Waals surface area (Å²) in [6.07, 6.45) is 5.11. The van der Waals surface area contributed by atoms with E-state index in [1.165, 1.54) is 30.6 Å². The van der Waals surface area contributed by atoms with E-state index < -0.39 is 0 Å². The van der Waals surface area contributed by atoms with Gasteiger partial charge in [-0.15, -0.1) is 11.3 Å². The highest BCUT2D eigenvalue weighted by molar-refractivity contribution is 7.18. The van der Waals surface area contributed by atoms with Gasteiger partial charge in [0.25, 0.3) is 0 Å². The molecule has 2 N–H and O–H groups in total. The quantitative estimate of drug-likeness (QED) is 0.877. The first-order valence-corrected chi connectivity index (χ1v) is 8.76. The summed E-state index contributed by atoms with van der Waals surface area (Å²) in [6.45, 7) is 7.40. The van der Waals surface area contributed by atoms with Gasteiger partial charge in [-0.2, -0.15) is 4.98 Å². The Morgan fingerprint density at radius 3 is 2.71 bits per heavy atom. The van der Waals surface area contributed by atoms with Gasteiger partial charge in [0.05, 0.1) is 5.39 Å². The number of nitrogens with zero attached hydrogens (tertiary/aromatic N) is 2. The molecule has 2 aromatic rings. The fraction of sp³-hybridized carbons (Fsp3) is 0.625. The molecule has 0 atom stereocenters. The van der Waals surface area contributed by atoms with Crippen molar-refractivity contribution in [1.82, 2.24) is 9.97 Å². The second-order valence-electron chi connectivity index (χ2n) is 6.10. The zero-order chi connectivity index (χ0) is 14.8. The van der Waals surface area contributed by atoms with E-state index in [0.29, 0.717) is 6.04 Å². The van der Waals surface area contributed by atoms with Gasteiger partial charge in [-0.25, -0.2) is 4.98 Å². The van der Waals surface area contributed by atoms with Crippen LogP contribution in [0.5, 0.6) is 0 Å². The Morgan fingerprint density at radius 1 is 1.24 bits per heavy atom. The predicted molar refractivity (Wildman–Crippen MR) is 91.4 cm³/mol. The maximum Gasteiger partial charge on any atom is 0.226 e. The number of hydrogen-bond donors (Lipinski definition) is 2. The van der Waals surface area contributed by atoms with Crippen LogP contribution in [0.1, 0.15) is 44.4 Å². The zero-order valence-electron chi connectivity index (χ0n) is 13.1. The van der Waals surface area contributed by atoms with E-state index in [2.05, 4.69) is 42.5 Å². The topological polar surface area (TPSA) is 49.8 Å². The van der Waals surface area contributed by atoms with Crippen LogP contribution in [0.25, 0.3) is 10.2 Å². The molecule has 0 bridgehead atoms. The maximum atomic E-state index is 4.69. The number of fused-ring (bicyclic) bond motifs is 1. The fourth-order valence-electron chi connectivity index (χ4n) is 2.99. The number of rotatable bonds is 4. The molecular formula is C16H24N4S. The molecule has 0 aliphatic heterocycles. The van der Waals surface area contributed by atoms with E-state index in [9.17, 15) is 0 Å². The number of nitrogens with one attached hydrogen (secondary N) is 2. The SMILES string of the molecule is CCNc1nc(NC2CCC(C)CC2)c2cc(C)sc2n1. The molecule has 0 unspecified atom stereocenters. The van der Waals surface area contributed by atoms with Gasteiger partial charge in [-0.05, 0) is 51.5 Å². The van der Waals surface area contributed by atoms with E-state index in [1.807, 2.05) is 0 Å². The molecule has 0 saturated heterocycles. The van der Waals surface area contributed by atoms with Crippen molar-refractivity contribution in [2.45, 2.75) is 52.5 Å². The number of thiophene rings is 1. The van der Waals surface area contributed by atoms with Crippen molar-refractivity contribution in [3.63, 3.8) is 0 Å². The molecule has 114 valence electrons. The number of aromatic nitrogens is 2. The fourth-order valence-corrected chi connectivity index (χ4v) is 3.87. The molecule has 0 aromatic carbocycles. The van der Waals surface area contributed by atoms with Crippen LogP contribution in [-0.4, -0.2) is 22.6 Å². The Hall–Kier alpha value is -1.36. The van der Waals surface area contributed by atoms with Crippen LogP contribution in [0.15, 0.2) is 6.07 Å². The van der Waals surface area contributed by atoms with Gasteiger partial charge in [0.1, 0.15) is 10.6 Å². The minimum Gasteiger partial charge on any atom is -0.367 e. The Morgan fingerprint density at radius 2 is 2.00 bits per heavy atom. The van der Waals surface area contributed by atoms with E-state index in [4.69, 9.17) is 4.98 Å². The molecule has 21 heavy (non-hydrogen) atoms. The van der Waals surface area contributed by atoms with E-state index >= 15 is 0 Å². The Balaban J connectivity index is 1.88. The monoisotopic (exact) mass is 304 g/mol. The number of anilines is 2. The zero-order valence-corrected chi connectivity index (χ0v) is 13.9. The maximum absolute atomic E-state index is 4.69. The Bertz CT molecular complexity index is 614. The molecule has 0 amide bonds. The van der Waals surface area contributed by atoms with E-state index in [1.54, 1.807) is 11.3 Å². The van der Waals surface area contributed by atoms with Gasteiger partial charge in [0.2, 0.25) is 5.95 Å². The largest absolute Gasteiger partial charge is 0.367 e. The summed E-state index contributed by atoms with van der Waals surface area (Å²) < 4.78 is 0. The van der Waals surface area contributed by atoms with Gasteiger partial charge in [0, 0.05) is 17.5 Å². The summed E-state index contributed by atoms with van der Waals surface area (Å²) in [5.74, 6) is 2.60. The van der Waals surface area contributed by atoms with Gasteiger partial charge in [0.15, 0.2) is 0 Å². The molecule has 1 fully saturated rings. The van der Waals surface area contributed by atoms with Crippen LogP contribution in [0.2, 0.25) is 0 Å². The first kappa shape index (κ1) is 14.6. The molecule has 2 aromatic heterocycles. The van der Waals surface area contributed by atoms with Crippen molar-refractivity contribution in [3.05, 3.63) is 10.9 Å². The third kappa shape index (κ3) is 3.28. The molecule has 5 heteroatoms. The Kier molecular flexibility index (Phi) is 4.29. The number of aryl methyl sites for hydroxylation is 1.